The minimum Gasteiger partial charge on any atom is -0.497 e. The molecule has 0 saturated carbocycles. The summed E-state index contributed by atoms with van der Waals surface area (Å²) in [6.45, 7) is 6.56. The predicted octanol–water partition coefficient (Wildman–Crippen LogP) is 1.98. The van der Waals surface area contributed by atoms with Gasteiger partial charge >= 0.3 is 0 Å². The average molecular weight is 438 g/mol. The van der Waals surface area contributed by atoms with E-state index in [9.17, 15) is 4.79 Å². The number of benzene rings is 1. The lowest BCUT2D eigenvalue weighted by Crippen LogP contribution is -2.48. The topological polar surface area (TPSA) is 71.0 Å². The van der Waals surface area contributed by atoms with Gasteiger partial charge in [0.05, 0.1) is 25.9 Å². The number of carbonyl (C=O) groups is 1. The van der Waals surface area contributed by atoms with E-state index in [0.717, 1.165) is 64.3 Å². The van der Waals surface area contributed by atoms with Crippen molar-refractivity contribution in [3.63, 3.8) is 0 Å². The number of hydrogen-bond acceptors (Lipinski definition) is 7. The van der Waals surface area contributed by atoms with Crippen LogP contribution in [-0.4, -0.2) is 84.8 Å². The molecule has 5 rings (SSSR count). The SMILES string of the molecule is COc1ccc2c(c1)CCN(C1CCN(C(=O)c3cnc(N4CCOCC4)nc3)CC1)C2. The molecule has 1 amide bonds. The Kier molecular flexibility index (Phi) is 6.23. The minimum atomic E-state index is 0.0352. The zero-order valence-corrected chi connectivity index (χ0v) is 18.7. The number of morpholine rings is 1. The van der Waals surface area contributed by atoms with Gasteiger partial charge in [-0.25, -0.2) is 9.97 Å². The zero-order valence-electron chi connectivity index (χ0n) is 18.7. The lowest BCUT2D eigenvalue weighted by atomic mass is 9.95. The molecule has 3 aliphatic rings. The summed E-state index contributed by atoms with van der Waals surface area (Å²) in [6.07, 6.45) is 6.40. The molecule has 3 aliphatic heterocycles. The number of amides is 1. The monoisotopic (exact) mass is 437 g/mol. The van der Waals surface area contributed by atoms with Crippen molar-refractivity contribution in [2.75, 3.05) is 57.9 Å². The quantitative estimate of drug-likeness (QED) is 0.724. The Bertz CT molecular complexity index is 937. The van der Waals surface area contributed by atoms with Crippen LogP contribution in [0.25, 0.3) is 0 Å². The van der Waals surface area contributed by atoms with Crippen molar-refractivity contribution < 1.29 is 14.3 Å². The van der Waals surface area contributed by atoms with Crippen LogP contribution in [0, 0.1) is 0 Å². The maximum absolute atomic E-state index is 13.0. The molecule has 0 N–H and O–H groups in total. The second-order valence-corrected chi connectivity index (χ2v) is 8.75. The average Bonchev–Trinajstić information content (AvgIpc) is 2.88. The number of methoxy groups -OCH3 is 1. The third-order valence-electron chi connectivity index (χ3n) is 6.90. The molecule has 2 saturated heterocycles. The number of anilines is 1. The highest BCUT2D eigenvalue weighted by Gasteiger charge is 2.29. The molecule has 0 radical (unpaired) electrons. The summed E-state index contributed by atoms with van der Waals surface area (Å²) in [5.74, 6) is 1.64. The van der Waals surface area contributed by atoms with E-state index in [0.29, 0.717) is 30.8 Å². The molecule has 8 nitrogen and oxygen atoms in total. The molecular formula is C24H31N5O3. The number of fused-ring (bicyclic) bond motifs is 1. The van der Waals surface area contributed by atoms with Crippen LogP contribution in [0.3, 0.4) is 0 Å². The van der Waals surface area contributed by atoms with E-state index in [1.807, 2.05) is 4.90 Å². The maximum Gasteiger partial charge on any atom is 0.256 e. The van der Waals surface area contributed by atoms with Gasteiger partial charge in [0.15, 0.2) is 0 Å². The Hall–Kier alpha value is -2.71. The number of likely N-dealkylation sites (tertiary alicyclic amines) is 1. The summed E-state index contributed by atoms with van der Waals surface area (Å²) in [6, 6.07) is 6.94. The fourth-order valence-electron chi connectivity index (χ4n) is 4.96. The van der Waals surface area contributed by atoms with E-state index in [-0.39, 0.29) is 5.91 Å². The van der Waals surface area contributed by atoms with Gasteiger partial charge in [-0.15, -0.1) is 0 Å². The van der Waals surface area contributed by atoms with Crippen molar-refractivity contribution in [1.82, 2.24) is 19.8 Å². The van der Waals surface area contributed by atoms with Crippen molar-refractivity contribution in [1.29, 1.82) is 0 Å². The van der Waals surface area contributed by atoms with Crippen LogP contribution in [-0.2, 0) is 17.7 Å². The highest BCUT2D eigenvalue weighted by molar-refractivity contribution is 5.93. The van der Waals surface area contributed by atoms with Crippen LogP contribution in [0.5, 0.6) is 5.75 Å². The molecule has 1 aromatic carbocycles. The van der Waals surface area contributed by atoms with E-state index in [2.05, 4.69) is 38.0 Å². The molecule has 2 fully saturated rings. The van der Waals surface area contributed by atoms with Gasteiger partial charge in [-0.2, -0.15) is 0 Å². The van der Waals surface area contributed by atoms with Gasteiger partial charge in [-0.3, -0.25) is 9.69 Å². The molecular weight excluding hydrogens is 406 g/mol. The summed E-state index contributed by atoms with van der Waals surface area (Å²) < 4.78 is 10.7. The second kappa shape index (κ2) is 9.42. The fourth-order valence-corrected chi connectivity index (χ4v) is 4.96. The molecule has 0 aliphatic carbocycles. The Morgan fingerprint density at radius 3 is 2.50 bits per heavy atom. The molecule has 170 valence electrons. The van der Waals surface area contributed by atoms with Gasteiger partial charge in [-0.1, -0.05) is 6.07 Å². The number of hydrogen-bond donors (Lipinski definition) is 0. The van der Waals surface area contributed by atoms with Crippen LogP contribution in [0.1, 0.15) is 34.3 Å². The summed E-state index contributed by atoms with van der Waals surface area (Å²) in [4.78, 5) is 28.5. The first-order valence-electron chi connectivity index (χ1n) is 11.5. The van der Waals surface area contributed by atoms with Gasteiger partial charge in [0, 0.05) is 57.7 Å². The smallest absolute Gasteiger partial charge is 0.256 e. The zero-order chi connectivity index (χ0) is 21.9. The molecule has 0 unspecified atom stereocenters. The molecule has 0 spiro atoms. The van der Waals surface area contributed by atoms with Gasteiger partial charge < -0.3 is 19.3 Å². The first kappa shape index (κ1) is 21.2. The number of piperidine rings is 1. The first-order chi connectivity index (χ1) is 15.7. The maximum atomic E-state index is 13.0. The third-order valence-corrected chi connectivity index (χ3v) is 6.90. The van der Waals surface area contributed by atoms with Crippen LogP contribution in [0.4, 0.5) is 5.95 Å². The summed E-state index contributed by atoms with van der Waals surface area (Å²) in [7, 11) is 1.72. The van der Waals surface area contributed by atoms with Crippen molar-refractivity contribution in [2.45, 2.75) is 31.8 Å². The second-order valence-electron chi connectivity index (χ2n) is 8.75. The molecule has 8 heteroatoms. The van der Waals surface area contributed by atoms with Crippen molar-refractivity contribution in [2.24, 2.45) is 0 Å². The van der Waals surface area contributed by atoms with Crippen molar-refractivity contribution in [3.8, 4) is 5.75 Å². The predicted molar refractivity (Wildman–Crippen MR) is 121 cm³/mol. The van der Waals surface area contributed by atoms with Gasteiger partial charge in [0.25, 0.3) is 5.91 Å². The van der Waals surface area contributed by atoms with E-state index in [4.69, 9.17) is 9.47 Å². The number of carbonyl (C=O) groups excluding carboxylic acids is 1. The number of nitrogens with zero attached hydrogens (tertiary/aromatic N) is 5. The highest BCUT2D eigenvalue weighted by Crippen LogP contribution is 2.28. The van der Waals surface area contributed by atoms with Gasteiger partial charge in [0.2, 0.25) is 5.95 Å². The number of ether oxygens (including phenoxy) is 2. The molecule has 1 aromatic heterocycles. The molecule has 0 bridgehead atoms. The van der Waals surface area contributed by atoms with Crippen molar-refractivity contribution >= 4 is 11.9 Å². The molecule has 2 aromatic rings. The largest absolute Gasteiger partial charge is 0.497 e. The lowest BCUT2D eigenvalue weighted by Gasteiger charge is -2.40. The van der Waals surface area contributed by atoms with E-state index in [1.54, 1.807) is 19.5 Å². The van der Waals surface area contributed by atoms with Crippen LogP contribution in [0.15, 0.2) is 30.6 Å². The van der Waals surface area contributed by atoms with E-state index < -0.39 is 0 Å². The fraction of sp³-hybridized carbons (Fsp3) is 0.542. The molecule has 4 heterocycles. The normalized spacial score (nSPS) is 20.2. The summed E-state index contributed by atoms with van der Waals surface area (Å²) >= 11 is 0. The summed E-state index contributed by atoms with van der Waals surface area (Å²) in [5, 5.41) is 0. The van der Waals surface area contributed by atoms with Crippen LogP contribution < -0.4 is 9.64 Å². The first-order valence-corrected chi connectivity index (χ1v) is 11.5. The standard InChI is InChI=1S/C24H31N5O3/c1-31-22-3-2-19-17-29(7-4-18(19)14-22)21-5-8-27(9-6-21)23(30)20-15-25-24(26-16-20)28-10-12-32-13-11-28/h2-3,14-16,21H,4-13,17H2,1H3. The highest BCUT2D eigenvalue weighted by atomic mass is 16.5. The molecule has 0 atom stereocenters. The Balaban J connectivity index is 1.15. The number of rotatable bonds is 4. The Morgan fingerprint density at radius 2 is 1.78 bits per heavy atom. The van der Waals surface area contributed by atoms with Gasteiger partial charge in [-0.05, 0) is 42.5 Å². The van der Waals surface area contributed by atoms with Crippen molar-refractivity contribution in [3.05, 3.63) is 47.3 Å². The minimum absolute atomic E-state index is 0.0352. The molecule has 32 heavy (non-hydrogen) atoms. The van der Waals surface area contributed by atoms with E-state index in [1.165, 1.54) is 11.1 Å². The lowest BCUT2D eigenvalue weighted by molar-refractivity contribution is 0.0598. The van der Waals surface area contributed by atoms with Crippen LogP contribution in [0.2, 0.25) is 0 Å². The van der Waals surface area contributed by atoms with Gasteiger partial charge in [0.1, 0.15) is 5.75 Å². The van der Waals surface area contributed by atoms with E-state index >= 15 is 0 Å². The summed E-state index contributed by atoms with van der Waals surface area (Å²) in [5.41, 5.74) is 3.36. The Labute approximate surface area is 189 Å². The third kappa shape index (κ3) is 4.42. The Morgan fingerprint density at radius 1 is 1.03 bits per heavy atom. The van der Waals surface area contributed by atoms with Crippen LogP contribution >= 0.6 is 0 Å². The number of aromatic nitrogens is 2.